The lowest BCUT2D eigenvalue weighted by Gasteiger charge is -2.31. The van der Waals surface area contributed by atoms with Crippen LogP contribution in [-0.4, -0.2) is 28.7 Å². The fourth-order valence-corrected chi connectivity index (χ4v) is 3.71. The normalized spacial score (nSPS) is 15.7. The molecule has 4 N–H and O–H groups in total. The molecule has 31 heavy (non-hydrogen) atoms. The highest BCUT2D eigenvalue weighted by molar-refractivity contribution is 7.80. The van der Waals surface area contributed by atoms with E-state index in [9.17, 15) is 9.59 Å². The molecule has 2 aromatic carbocycles. The van der Waals surface area contributed by atoms with Gasteiger partial charge in [0.05, 0.1) is 11.6 Å². The molecular formula is C22H22ClN3O4S. The topological polar surface area (TPSA) is 99.7 Å². The van der Waals surface area contributed by atoms with E-state index in [0.29, 0.717) is 38.4 Å². The summed E-state index contributed by atoms with van der Waals surface area (Å²) in [7, 11) is 0. The largest absolute Gasteiger partial charge is 0.482 e. The van der Waals surface area contributed by atoms with Crippen molar-refractivity contribution in [2.75, 3.05) is 11.9 Å². The third-order valence-electron chi connectivity index (χ3n) is 4.91. The van der Waals surface area contributed by atoms with Crippen molar-refractivity contribution in [3.63, 3.8) is 0 Å². The number of carbonyl (C=O) groups is 2. The second-order valence-electron chi connectivity index (χ2n) is 7.19. The lowest BCUT2D eigenvalue weighted by molar-refractivity contribution is -0.139. The zero-order valence-electron chi connectivity index (χ0n) is 17.2. The molecule has 0 radical (unpaired) electrons. The number of hydrogen-bond donors (Lipinski definition) is 4. The van der Waals surface area contributed by atoms with E-state index in [1.54, 1.807) is 25.1 Å². The molecule has 162 valence electrons. The highest BCUT2D eigenvalue weighted by atomic mass is 35.5. The summed E-state index contributed by atoms with van der Waals surface area (Å²) in [6.07, 6.45) is 0. The Kier molecular flexibility index (Phi) is 6.82. The fraction of sp³-hybridized carbons (Fsp3) is 0.227. The van der Waals surface area contributed by atoms with Crippen molar-refractivity contribution in [3.8, 4) is 5.75 Å². The predicted molar refractivity (Wildman–Crippen MR) is 123 cm³/mol. The summed E-state index contributed by atoms with van der Waals surface area (Å²) >= 11 is 11.5. The first-order valence-electron chi connectivity index (χ1n) is 9.46. The predicted octanol–water partition coefficient (Wildman–Crippen LogP) is 3.85. The van der Waals surface area contributed by atoms with Crippen LogP contribution in [0.5, 0.6) is 5.75 Å². The monoisotopic (exact) mass is 459 g/mol. The number of amides is 1. The number of nitrogens with one attached hydrogen (secondary N) is 3. The van der Waals surface area contributed by atoms with Crippen molar-refractivity contribution in [2.45, 2.75) is 26.8 Å². The second-order valence-corrected chi connectivity index (χ2v) is 8.03. The van der Waals surface area contributed by atoms with E-state index in [1.807, 2.05) is 32.0 Å². The molecule has 1 amide bonds. The van der Waals surface area contributed by atoms with Crippen LogP contribution in [-0.2, 0) is 9.59 Å². The smallest absolute Gasteiger partial charge is 0.341 e. The summed E-state index contributed by atoms with van der Waals surface area (Å²) in [6, 6.07) is 9.76. The first-order valence-corrected chi connectivity index (χ1v) is 10.2. The highest BCUT2D eigenvalue weighted by Gasteiger charge is 2.32. The Morgan fingerprint density at radius 2 is 1.90 bits per heavy atom. The average molecular weight is 460 g/mol. The number of carboxylic acid groups (broad SMARTS) is 1. The number of ether oxygens (including phenoxy) is 1. The van der Waals surface area contributed by atoms with Crippen molar-refractivity contribution in [1.29, 1.82) is 0 Å². The van der Waals surface area contributed by atoms with E-state index in [4.69, 9.17) is 33.7 Å². The molecule has 1 atom stereocenters. The number of aliphatic carboxylic acids is 1. The van der Waals surface area contributed by atoms with E-state index >= 15 is 0 Å². The Morgan fingerprint density at radius 1 is 1.16 bits per heavy atom. The number of thiocarbonyl (C=S) groups is 1. The molecule has 0 unspecified atom stereocenters. The molecule has 0 aromatic heterocycles. The standard InChI is InChI=1S/C22H22ClN3O4S/c1-11-4-6-15(8-12(11)2)25-21(29)19-13(3)24-22(31)26-20(19)16-9-14(23)5-7-17(16)30-10-18(27)28/h4-9,20H,10H2,1-3H3,(H,25,29)(H,27,28)(H2,24,26,31)/t20-/m1/s1. The zero-order chi connectivity index (χ0) is 22.7. The van der Waals surface area contributed by atoms with Crippen LogP contribution in [0, 0.1) is 13.8 Å². The van der Waals surface area contributed by atoms with E-state index in [1.165, 1.54) is 0 Å². The van der Waals surface area contributed by atoms with E-state index in [0.717, 1.165) is 11.1 Å². The Hall–Kier alpha value is -3.10. The number of allylic oxidation sites excluding steroid dienone is 1. The van der Waals surface area contributed by atoms with Gasteiger partial charge in [-0.3, -0.25) is 4.79 Å². The molecular weight excluding hydrogens is 438 g/mol. The van der Waals surface area contributed by atoms with Crippen molar-refractivity contribution < 1.29 is 19.4 Å². The average Bonchev–Trinajstić information content (AvgIpc) is 2.69. The van der Waals surface area contributed by atoms with Crippen LogP contribution in [0.2, 0.25) is 5.02 Å². The van der Waals surface area contributed by atoms with Gasteiger partial charge in [-0.1, -0.05) is 17.7 Å². The van der Waals surface area contributed by atoms with Gasteiger partial charge < -0.3 is 25.8 Å². The first-order chi connectivity index (χ1) is 14.7. The van der Waals surface area contributed by atoms with Crippen molar-refractivity contribution in [1.82, 2.24) is 10.6 Å². The van der Waals surface area contributed by atoms with Gasteiger partial charge in [0.15, 0.2) is 11.7 Å². The van der Waals surface area contributed by atoms with Gasteiger partial charge in [-0.2, -0.15) is 0 Å². The van der Waals surface area contributed by atoms with Gasteiger partial charge in [0.1, 0.15) is 5.75 Å². The fourth-order valence-electron chi connectivity index (χ4n) is 3.26. The molecule has 1 aliphatic rings. The highest BCUT2D eigenvalue weighted by Crippen LogP contribution is 2.35. The summed E-state index contributed by atoms with van der Waals surface area (Å²) in [5, 5.41) is 18.7. The lowest BCUT2D eigenvalue weighted by atomic mass is 9.94. The molecule has 3 rings (SSSR count). The maximum absolute atomic E-state index is 13.3. The second kappa shape index (κ2) is 9.36. The van der Waals surface area contributed by atoms with Gasteiger partial charge >= 0.3 is 5.97 Å². The number of hydrogen-bond acceptors (Lipinski definition) is 4. The van der Waals surface area contributed by atoms with Gasteiger partial charge in [0, 0.05) is 22.0 Å². The summed E-state index contributed by atoms with van der Waals surface area (Å²) in [4.78, 5) is 24.3. The van der Waals surface area contributed by atoms with Gasteiger partial charge in [-0.15, -0.1) is 0 Å². The van der Waals surface area contributed by atoms with Crippen LogP contribution in [0.4, 0.5) is 5.69 Å². The summed E-state index contributed by atoms with van der Waals surface area (Å²) in [5.41, 5.74) is 4.29. The van der Waals surface area contributed by atoms with Crippen molar-refractivity contribution in [3.05, 3.63) is 69.4 Å². The summed E-state index contributed by atoms with van der Waals surface area (Å²) < 4.78 is 5.44. The Labute approximate surface area is 190 Å². The number of carbonyl (C=O) groups excluding carboxylic acids is 1. The van der Waals surface area contributed by atoms with Gasteiger partial charge in [-0.05, 0) is 74.4 Å². The zero-order valence-corrected chi connectivity index (χ0v) is 18.8. The van der Waals surface area contributed by atoms with Gasteiger partial charge in [0.2, 0.25) is 0 Å². The number of anilines is 1. The minimum atomic E-state index is -1.12. The van der Waals surface area contributed by atoms with E-state index in [-0.39, 0.29) is 5.91 Å². The third kappa shape index (κ3) is 5.34. The lowest BCUT2D eigenvalue weighted by Crippen LogP contribution is -2.45. The molecule has 9 heteroatoms. The molecule has 1 aliphatic heterocycles. The number of benzene rings is 2. The van der Waals surface area contributed by atoms with Crippen LogP contribution >= 0.6 is 23.8 Å². The third-order valence-corrected chi connectivity index (χ3v) is 5.37. The van der Waals surface area contributed by atoms with Crippen LogP contribution in [0.1, 0.15) is 29.7 Å². The van der Waals surface area contributed by atoms with Gasteiger partial charge in [-0.25, -0.2) is 4.79 Å². The SMILES string of the molecule is CC1=C(C(=O)Nc2ccc(C)c(C)c2)[C@@H](c2cc(Cl)ccc2OCC(=O)O)NC(=S)N1. The van der Waals surface area contributed by atoms with Crippen LogP contribution in [0.25, 0.3) is 0 Å². The van der Waals surface area contributed by atoms with Gasteiger partial charge in [0.25, 0.3) is 5.91 Å². The maximum Gasteiger partial charge on any atom is 0.341 e. The molecule has 7 nitrogen and oxygen atoms in total. The number of rotatable bonds is 6. The summed E-state index contributed by atoms with van der Waals surface area (Å²) in [5.74, 6) is -1.16. The van der Waals surface area contributed by atoms with Crippen LogP contribution < -0.4 is 20.7 Å². The van der Waals surface area contributed by atoms with Crippen molar-refractivity contribution in [2.24, 2.45) is 0 Å². The maximum atomic E-state index is 13.3. The molecule has 2 aromatic rings. The molecule has 1 heterocycles. The number of halogens is 1. The van der Waals surface area contributed by atoms with Crippen molar-refractivity contribution >= 4 is 46.5 Å². The Morgan fingerprint density at radius 3 is 2.58 bits per heavy atom. The Balaban J connectivity index is 2.00. The first kappa shape index (κ1) is 22.6. The van der Waals surface area contributed by atoms with E-state index < -0.39 is 18.6 Å². The molecule has 0 fully saturated rings. The molecule has 0 aliphatic carbocycles. The summed E-state index contributed by atoms with van der Waals surface area (Å²) in [6.45, 7) is 5.19. The molecule has 0 saturated carbocycles. The van der Waals surface area contributed by atoms with E-state index in [2.05, 4.69) is 16.0 Å². The molecule has 0 saturated heterocycles. The quantitative estimate of drug-likeness (QED) is 0.487. The van der Waals surface area contributed by atoms with Crippen LogP contribution in [0.15, 0.2) is 47.7 Å². The van der Waals surface area contributed by atoms with Crippen LogP contribution in [0.3, 0.4) is 0 Å². The molecule has 0 spiro atoms. The minimum absolute atomic E-state index is 0.290. The number of aryl methyl sites for hydroxylation is 2. The Bertz CT molecular complexity index is 1100. The molecule has 0 bridgehead atoms. The number of carboxylic acids is 1. The minimum Gasteiger partial charge on any atom is -0.482 e.